The van der Waals surface area contributed by atoms with Crippen molar-refractivity contribution in [3.8, 4) is 0 Å². The summed E-state index contributed by atoms with van der Waals surface area (Å²) in [7, 11) is -3.00. The van der Waals surface area contributed by atoms with E-state index < -0.39 is 16.3 Å². The maximum atomic E-state index is 11.5. The largest absolute Gasteiger partial charge is 0.452 e. The highest BCUT2D eigenvalue weighted by atomic mass is 32.2. The summed E-state index contributed by atoms with van der Waals surface area (Å²) >= 11 is 1.10. The number of rotatable bonds is 3. The second-order valence-corrected chi connectivity index (χ2v) is 5.89. The molecule has 10 heteroatoms. The predicted molar refractivity (Wildman–Crippen MR) is 72.1 cm³/mol. The van der Waals surface area contributed by atoms with E-state index in [4.69, 9.17) is 5.73 Å². The van der Waals surface area contributed by atoms with Gasteiger partial charge in [0.05, 0.1) is 17.3 Å². The summed E-state index contributed by atoms with van der Waals surface area (Å²) in [6.45, 7) is 0. The van der Waals surface area contributed by atoms with Gasteiger partial charge in [-0.1, -0.05) is 11.3 Å². The lowest BCUT2D eigenvalue weighted by Gasteiger charge is -2.04. The summed E-state index contributed by atoms with van der Waals surface area (Å²) in [6, 6.07) is 5.01. The number of methoxy groups -OCH3 is 1. The molecule has 8 nitrogen and oxygen atoms in total. The third-order valence-electron chi connectivity index (χ3n) is 2.04. The van der Waals surface area contributed by atoms with E-state index in [2.05, 4.69) is 14.4 Å². The zero-order valence-corrected chi connectivity index (χ0v) is 11.3. The smallest absolute Gasteiger partial charge is 0.422 e. The number of nitrogens with two attached hydrogens (primary N) is 1. The van der Waals surface area contributed by atoms with Crippen LogP contribution >= 0.6 is 11.3 Å². The van der Waals surface area contributed by atoms with Gasteiger partial charge in [-0.15, -0.1) is 0 Å². The average Bonchev–Trinajstić information content (AvgIpc) is 2.68. The second-order valence-electron chi connectivity index (χ2n) is 3.45. The molecular formula is C9H10N4O4S2. The van der Waals surface area contributed by atoms with Gasteiger partial charge in [-0.3, -0.25) is 0 Å². The quantitative estimate of drug-likeness (QED) is 0.723. The van der Waals surface area contributed by atoms with Crippen molar-refractivity contribution in [3.05, 3.63) is 18.2 Å². The molecule has 19 heavy (non-hydrogen) atoms. The first-order chi connectivity index (χ1) is 8.89. The lowest BCUT2D eigenvalue weighted by Crippen LogP contribution is -2.35. The van der Waals surface area contributed by atoms with Gasteiger partial charge in [0.15, 0.2) is 5.13 Å². The first-order valence-electron chi connectivity index (χ1n) is 4.94. The van der Waals surface area contributed by atoms with Crippen molar-refractivity contribution in [1.29, 1.82) is 0 Å². The monoisotopic (exact) mass is 302 g/mol. The van der Waals surface area contributed by atoms with Crippen molar-refractivity contribution in [2.24, 2.45) is 0 Å². The molecule has 1 amide bonds. The van der Waals surface area contributed by atoms with Crippen molar-refractivity contribution < 1.29 is 17.9 Å². The molecule has 0 saturated carbocycles. The number of hydrogen-bond donors (Lipinski definition) is 3. The fourth-order valence-corrected chi connectivity index (χ4v) is 3.17. The lowest BCUT2D eigenvalue weighted by molar-refractivity contribution is 0.177. The molecule has 1 aromatic carbocycles. The fourth-order valence-electron chi connectivity index (χ4n) is 1.28. The Hall–Kier alpha value is -2.07. The van der Waals surface area contributed by atoms with Crippen LogP contribution in [-0.4, -0.2) is 26.6 Å². The van der Waals surface area contributed by atoms with Crippen LogP contribution in [0.5, 0.6) is 0 Å². The summed E-state index contributed by atoms with van der Waals surface area (Å²) in [4.78, 5) is 14.9. The van der Waals surface area contributed by atoms with E-state index in [0.717, 1.165) is 23.1 Å². The standard InChI is InChI=1S/C9H10N4O4S2/c1-17-9(14)13-19(15,16)12-8-11-6-3-2-5(10)4-7(6)18-8/h2-4H,10H2,1H3,(H,11,12)(H,13,14). The highest BCUT2D eigenvalue weighted by Gasteiger charge is 2.16. The Kier molecular flexibility index (Phi) is 3.44. The molecule has 2 aromatic rings. The van der Waals surface area contributed by atoms with Crippen molar-refractivity contribution in [3.63, 3.8) is 0 Å². The maximum Gasteiger partial charge on any atom is 0.422 e. The van der Waals surface area contributed by atoms with Crippen LogP contribution in [0.25, 0.3) is 10.2 Å². The number of fused-ring (bicyclic) bond motifs is 1. The molecule has 0 aliphatic carbocycles. The van der Waals surface area contributed by atoms with Crippen molar-refractivity contribution in [1.82, 2.24) is 9.71 Å². The first kappa shape index (κ1) is 13.4. The molecule has 102 valence electrons. The lowest BCUT2D eigenvalue weighted by atomic mass is 10.3. The van der Waals surface area contributed by atoms with Crippen LogP contribution in [0, 0.1) is 0 Å². The minimum absolute atomic E-state index is 0.122. The number of nitrogens with zero attached hydrogens (tertiary/aromatic N) is 1. The van der Waals surface area contributed by atoms with E-state index in [9.17, 15) is 13.2 Å². The summed E-state index contributed by atoms with van der Waals surface area (Å²) < 4.78 is 31.8. The molecule has 0 unspecified atom stereocenters. The van der Waals surface area contributed by atoms with Gasteiger partial charge in [0, 0.05) is 5.69 Å². The van der Waals surface area contributed by atoms with E-state index >= 15 is 0 Å². The number of thiazole rings is 1. The van der Waals surface area contributed by atoms with Gasteiger partial charge < -0.3 is 10.5 Å². The number of amides is 1. The van der Waals surface area contributed by atoms with E-state index in [1.54, 1.807) is 22.9 Å². The summed E-state index contributed by atoms with van der Waals surface area (Å²) in [5.41, 5.74) is 6.77. The molecule has 0 spiro atoms. The van der Waals surface area contributed by atoms with Crippen LogP contribution in [-0.2, 0) is 14.9 Å². The van der Waals surface area contributed by atoms with E-state index in [1.807, 2.05) is 0 Å². The molecule has 0 saturated heterocycles. The molecule has 1 aromatic heterocycles. The Morgan fingerprint density at radius 3 is 2.89 bits per heavy atom. The van der Waals surface area contributed by atoms with Crippen molar-refractivity contribution in [2.45, 2.75) is 0 Å². The Morgan fingerprint density at radius 1 is 1.47 bits per heavy atom. The molecule has 0 bridgehead atoms. The minimum Gasteiger partial charge on any atom is -0.452 e. The second kappa shape index (κ2) is 4.90. The van der Waals surface area contributed by atoms with E-state index in [0.29, 0.717) is 11.2 Å². The van der Waals surface area contributed by atoms with Crippen LogP contribution in [0.2, 0.25) is 0 Å². The zero-order valence-electron chi connectivity index (χ0n) is 9.71. The van der Waals surface area contributed by atoms with Gasteiger partial charge in [-0.25, -0.2) is 19.2 Å². The number of carbonyl (C=O) groups is 1. The number of aromatic nitrogens is 1. The zero-order chi connectivity index (χ0) is 14.0. The Labute approximate surface area is 112 Å². The van der Waals surface area contributed by atoms with Gasteiger partial charge in [0.2, 0.25) is 0 Å². The Balaban J connectivity index is 2.23. The highest BCUT2D eigenvalue weighted by molar-refractivity contribution is 7.91. The topological polar surface area (TPSA) is 123 Å². The van der Waals surface area contributed by atoms with Gasteiger partial charge in [-0.05, 0) is 18.2 Å². The SMILES string of the molecule is COC(=O)NS(=O)(=O)Nc1nc2ccc(N)cc2s1. The van der Waals surface area contributed by atoms with Crippen molar-refractivity contribution >= 4 is 48.7 Å². The number of anilines is 2. The molecule has 4 N–H and O–H groups in total. The Bertz CT molecular complexity index is 725. The maximum absolute atomic E-state index is 11.5. The number of carbonyl (C=O) groups excluding carboxylic acids is 1. The van der Waals surface area contributed by atoms with Crippen molar-refractivity contribution in [2.75, 3.05) is 17.6 Å². The van der Waals surface area contributed by atoms with Crippen LogP contribution < -0.4 is 15.2 Å². The Morgan fingerprint density at radius 2 is 2.21 bits per heavy atom. The number of hydrogen-bond acceptors (Lipinski definition) is 7. The van der Waals surface area contributed by atoms with Crippen LogP contribution in [0.15, 0.2) is 18.2 Å². The summed E-state index contributed by atoms with van der Waals surface area (Å²) in [5, 5.41) is 0.122. The van der Waals surface area contributed by atoms with Crippen LogP contribution in [0.4, 0.5) is 15.6 Å². The summed E-state index contributed by atoms with van der Waals surface area (Å²) in [5.74, 6) is 0. The number of benzene rings is 1. The number of ether oxygens (including phenoxy) is 1. The van der Waals surface area contributed by atoms with Gasteiger partial charge in [0.1, 0.15) is 0 Å². The summed E-state index contributed by atoms with van der Waals surface area (Å²) in [6.07, 6.45) is -1.09. The predicted octanol–water partition coefficient (Wildman–Crippen LogP) is 0.891. The number of nitrogen functional groups attached to an aromatic ring is 1. The third-order valence-corrected chi connectivity index (χ3v) is 4.00. The molecular weight excluding hydrogens is 292 g/mol. The molecule has 0 aliphatic rings. The fraction of sp³-hybridized carbons (Fsp3) is 0.111. The first-order valence-corrected chi connectivity index (χ1v) is 7.24. The van der Waals surface area contributed by atoms with Crippen LogP contribution in [0.3, 0.4) is 0 Å². The van der Waals surface area contributed by atoms with E-state index in [1.165, 1.54) is 0 Å². The van der Waals surface area contributed by atoms with Gasteiger partial charge in [-0.2, -0.15) is 8.42 Å². The molecule has 0 aliphatic heterocycles. The van der Waals surface area contributed by atoms with Gasteiger partial charge >= 0.3 is 16.3 Å². The van der Waals surface area contributed by atoms with E-state index in [-0.39, 0.29) is 5.13 Å². The molecule has 0 fully saturated rings. The average molecular weight is 302 g/mol. The molecule has 1 heterocycles. The number of nitrogens with one attached hydrogen (secondary N) is 2. The van der Waals surface area contributed by atoms with Crippen LogP contribution in [0.1, 0.15) is 0 Å². The molecule has 0 atom stereocenters. The van der Waals surface area contributed by atoms with Gasteiger partial charge in [0.25, 0.3) is 0 Å². The molecule has 2 rings (SSSR count). The minimum atomic E-state index is -4.06. The third kappa shape index (κ3) is 3.23. The highest BCUT2D eigenvalue weighted by Crippen LogP contribution is 2.27. The molecule has 0 radical (unpaired) electrons. The normalized spacial score (nSPS) is 11.2.